The molecule has 182 valence electrons. The second-order valence-corrected chi connectivity index (χ2v) is 9.29. The zero-order valence-electron chi connectivity index (χ0n) is 21.0. The second-order valence-electron chi connectivity index (χ2n) is 8.86. The van der Waals surface area contributed by atoms with E-state index in [1.54, 1.807) is 24.3 Å². The third-order valence-corrected chi connectivity index (χ3v) is 6.32. The van der Waals surface area contributed by atoms with E-state index < -0.39 is 12.1 Å². The fourth-order valence-corrected chi connectivity index (χ4v) is 4.73. The maximum absolute atomic E-state index is 12.6. The second kappa shape index (κ2) is 10.1. The number of imidazole rings is 1. The van der Waals surface area contributed by atoms with Gasteiger partial charge in [-0.3, -0.25) is 0 Å². The molecule has 1 atom stereocenters. The first-order chi connectivity index (χ1) is 16.7. The smallest absolute Gasteiger partial charge is 0.351 e. The summed E-state index contributed by atoms with van der Waals surface area (Å²) < 4.78 is 13.4. The van der Waals surface area contributed by atoms with Crippen molar-refractivity contribution in [3.8, 4) is 5.75 Å². The summed E-state index contributed by atoms with van der Waals surface area (Å²) in [6.07, 6.45) is -0.101. The molecule has 2 aromatic carbocycles. The van der Waals surface area contributed by atoms with Crippen molar-refractivity contribution in [1.29, 1.82) is 0 Å². The standard InChI is InChI=1S/C28H30ClN3O3/c1-7-23-31-24-16(2)11-19(5)30-27(24)32(23)15-20-12-17(3)25(18(4)13-20)35-26(28(33)34-6)21-9-8-10-22(29)14-21/h8-14,26H,7,15H2,1-6H3. The fourth-order valence-electron chi connectivity index (χ4n) is 4.53. The number of carbonyl (C=O) groups excluding carboxylic acids is 1. The minimum Gasteiger partial charge on any atom is -0.473 e. The van der Waals surface area contributed by atoms with Crippen molar-refractivity contribution < 1.29 is 14.3 Å². The Hall–Kier alpha value is -3.38. The van der Waals surface area contributed by atoms with E-state index in [-0.39, 0.29) is 0 Å². The molecule has 0 saturated carbocycles. The van der Waals surface area contributed by atoms with E-state index >= 15 is 0 Å². The molecule has 0 aliphatic carbocycles. The summed E-state index contributed by atoms with van der Waals surface area (Å²) in [6.45, 7) is 10.8. The Morgan fingerprint density at radius 1 is 1.03 bits per heavy atom. The highest BCUT2D eigenvalue weighted by Gasteiger charge is 2.25. The Morgan fingerprint density at radius 3 is 2.37 bits per heavy atom. The molecule has 0 bridgehead atoms. The van der Waals surface area contributed by atoms with Gasteiger partial charge in [-0.05, 0) is 68.1 Å². The number of ether oxygens (including phenoxy) is 2. The van der Waals surface area contributed by atoms with Gasteiger partial charge >= 0.3 is 5.97 Å². The number of fused-ring (bicyclic) bond motifs is 1. The van der Waals surface area contributed by atoms with Gasteiger partial charge < -0.3 is 14.0 Å². The predicted octanol–water partition coefficient (Wildman–Crippen LogP) is 6.22. The number of halogens is 1. The van der Waals surface area contributed by atoms with Gasteiger partial charge in [0.2, 0.25) is 6.10 Å². The van der Waals surface area contributed by atoms with Crippen molar-refractivity contribution in [3.05, 3.63) is 86.8 Å². The molecule has 4 aromatic rings. The molecular formula is C28H30ClN3O3. The molecule has 4 rings (SSSR count). The molecule has 0 aliphatic rings. The van der Waals surface area contributed by atoms with Crippen molar-refractivity contribution in [2.24, 2.45) is 0 Å². The lowest BCUT2D eigenvalue weighted by atomic mass is 10.0. The number of aromatic nitrogens is 3. The summed E-state index contributed by atoms with van der Waals surface area (Å²) in [5, 5.41) is 0.530. The third-order valence-electron chi connectivity index (χ3n) is 6.08. The van der Waals surface area contributed by atoms with Gasteiger partial charge in [0.25, 0.3) is 0 Å². The van der Waals surface area contributed by atoms with Crippen molar-refractivity contribution in [2.45, 2.75) is 53.7 Å². The van der Waals surface area contributed by atoms with Crippen molar-refractivity contribution in [3.63, 3.8) is 0 Å². The van der Waals surface area contributed by atoms with Crippen LogP contribution < -0.4 is 4.74 Å². The number of benzene rings is 2. The number of rotatable bonds is 7. The molecule has 0 N–H and O–H groups in total. The molecule has 0 radical (unpaired) electrons. The van der Waals surface area contributed by atoms with Crippen LogP contribution in [-0.2, 0) is 22.5 Å². The molecule has 0 saturated heterocycles. The molecular weight excluding hydrogens is 462 g/mol. The van der Waals surface area contributed by atoms with Crippen LogP contribution in [0.1, 0.15) is 52.4 Å². The molecule has 0 aliphatic heterocycles. The largest absolute Gasteiger partial charge is 0.473 e. The Kier molecular flexibility index (Phi) is 7.13. The lowest BCUT2D eigenvalue weighted by Gasteiger charge is -2.21. The van der Waals surface area contributed by atoms with E-state index in [0.717, 1.165) is 51.4 Å². The minimum absolute atomic E-state index is 0.482. The molecule has 0 spiro atoms. The van der Waals surface area contributed by atoms with E-state index in [4.69, 9.17) is 31.0 Å². The number of carbonyl (C=O) groups is 1. The summed E-state index contributed by atoms with van der Waals surface area (Å²) >= 11 is 6.16. The maximum atomic E-state index is 12.6. The van der Waals surface area contributed by atoms with Gasteiger partial charge in [-0.15, -0.1) is 0 Å². The molecule has 7 heteroatoms. The SMILES string of the molecule is CCc1nc2c(C)cc(C)nc2n1Cc1cc(C)c(OC(C(=O)OC)c2cccc(Cl)c2)c(C)c1. The van der Waals surface area contributed by atoms with E-state index in [1.807, 2.05) is 20.8 Å². The topological polar surface area (TPSA) is 66.2 Å². The Morgan fingerprint density at radius 2 is 1.74 bits per heavy atom. The third kappa shape index (κ3) is 5.03. The van der Waals surface area contributed by atoms with E-state index in [2.05, 4.69) is 36.6 Å². The highest BCUT2D eigenvalue weighted by molar-refractivity contribution is 6.30. The number of esters is 1. The average molecular weight is 492 g/mol. The van der Waals surface area contributed by atoms with Gasteiger partial charge in [-0.1, -0.05) is 42.8 Å². The van der Waals surface area contributed by atoms with Crippen LogP contribution in [0.4, 0.5) is 0 Å². The quantitative estimate of drug-likeness (QED) is 0.287. The first-order valence-electron chi connectivity index (χ1n) is 11.6. The Balaban J connectivity index is 1.70. The molecule has 0 amide bonds. The van der Waals surface area contributed by atoms with Crippen LogP contribution in [0.5, 0.6) is 5.75 Å². The number of hydrogen-bond donors (Lipinski definition) is 0. The molecule has 2 aromatic heterocycles. The molecule has 2 heterocycles. The van der Waals surface area contributed by atoms with Crippen molar-refractivity contribution in [2.75, 3.05) is 7.11 Å². The average Bonchev–Trinajstić information content (AvgIpc) is 3.16. The lowest BCUT2D eigenvalue weighted by molar-refractivity contribution is -0.149. The van der Waals surface area contributed by atoms with Crippen LogP contribution in [0.3, 0.4) is 0 Å². The van der Waals surface area contributed by atoms with Crippen molar-refractivity contribution >= 4 is 28.7 Å². The number of methoxy groups -OCH3 is 1. The van der Waals surface area contributed by atoms with Gasteiger partial charge in [0.15, 0.2) is 5.65 Å². The highest BCUT2D eigenvalue weighted by atomic mass is 35.5. The predicted molar refractivity (Wildman–Crippen MR) is 138 cm³/mol. The summed E-state index contributed by atoms with van der Waals surface area (Å²) in [4.78, 5) is 22.2. The van der Waals surface area contributed by atoms with E-state index in [1.165, 1.54) is 7.11 Å². The summed E-state index contributed by atoms with van der Waals surface area (Å²) in [5.74, 6) is 1.17. The Bertz CT molecular complexity index is 1390. The minimum atomic E-state index is -0.915. The normalized spacial score (nSPS) is 12.1. The summed E-state index contributed by atoms with van der Waals surface area (Å²) in [5.41, 5.74) is 7.57. The first-order valence-corrected chi connectivity index (χ1v) is 12.0. The van der Waals surface area contributed by atoms with E-state index in [0.29, 0.717) is 22.9 Å². The molecule has 0 fully saturated rings. The molecule has 1 unspecified atom stereocenters. The highest BCUT2D eigenvalue weighted by Crippen LogP contribution is 2.32. The van der Waals surface area contributed by atoms with Crippen LogP contribution in [-0.4, -0.2) is 27.6 Å². The molecule has 6 nitrogen and oxygen atoms in total. The van der Waals surface area contributed by atoms with Crippen LogP contribution in [0.25, 0.3) is 11.2 Å². The van der Waals surface area contributed by atoms with E-state index in [9.17, 15) is 4.79 Å². The Labute approximate surface area is 210 Å². The first kappa shape index (κ1) is 24.7. The fraction of sp³-hybridized carbons (Fsp3) is 0.321. The van der Waals surface area contributed by atoms with Crippen molar-refractivity contribution in [1.82, 2.24) is 14.5 Å². The maximum Gasteiger partial charge on any atom is 0.351 e. The monoisotopic (exact) mass is 491 g/mol. The number of aryl methyl sites for hydroxylation is 5. The van der Waals surface area contributed by atoms with Gasteiger partial charge in [0, 0.05) is 22.7 Å². The van der Waals surface area contributed by atoms with Gasteiger partial charge in [0.05, 0.1) is 13.7 Å². The summed E-state index contributed by atoms with van der Waals surface area (Å²) in [7, 11) is 1.35. The zero-order valence-corrected chi connectivity index (χ0v) is 21.7. The van der Waals surface area contributed by atoms with Crippen LogP contribution >= 0.6 is 11.6 Å². The van der Waals surface area contributed by atoms with Crippen LogP contribution in [0, 0.1) is 27.7 Å². The molecule has 35 heavy (non-hydrogen) atoms. The summed E-state index contributed by atoms with van der Waals surface area (Å²) in [6, 6.07) is 13.3. The van der Waals surface area contributed by atoms with Crippen LogP contribution in [0.2, 0.25) is 5.02 Å². The number of hydrogen-bond acceptors (Lipinski definition) is 5. The van der Waals surface area contributed by atoms with Gasteiger partial charge in [-0.2, -0.15) is 0 Å². The lowest BCUT2D eigenvalue weighted by Crippen LogP contribution is -2.21. The number of nitrogens with zero attached hydrogens (tertiary/aromatic N) is 3. The van der Waals surface area contributed by atoms with Crippen LogP contribution in [0.15, 0.2) is 42.5 Å². The number of pyridine rings is 1. The van der Waals surface area contributed by atoms with Gasteiger partial charge in [0.1, 0.15) is 17.1 Å². The zero-order chi connectivity index (χ0) is 25.3. The van der Waals surface area contributed by atoms with Gasteiger partial charge in [-0.25, -0.2) is 14.8 Å².